The van der Waals surface area contributed by atoms with Crippen molar-refractivity contribution in [1.29, 1.82) is 0 Å². The van der Waals surface area contributed by atoms with Crippen molar-refractivity contribution in [3.63, 3.8) is 0 Å². The number of nitrogens with one attached hydrogen (secondary N) is 1. The Morgan fingerprint density at radius 3 is 2.24 bits per heavy atom. The van der Waals surface area contributed by atoms with Gasteiger partial charge in [-0.3, -0.25) is 4.79 Å². The van der Waals surface area contributed by atoms with E-state index in [-0.39, 0.29) is 25.5 Å². The normalized spacial score (nSPS) is 17.1. The van der Waals surface area contributed by atoms with Gasteiger partial charge in [0.05, 0.1) is 12.2 Å². The second-order valence-corrected chi connectivity index (χ2v) is 12.8. The minimum absolute atomic E-state index is 0.0197. The van der Waals surface area contributed by atoms with Gasteiger partial charge in [-0.1, -0.05) is 101 Å². The van der Waals surface area contributed by atoms with Gasteiger partial charge in [0.25, 0.3) is 5.91 Å². The lowest BCUT2D eigenvalue weighted by molar-refractivity contribution is -0.137. The zero-order chi connectivity index (χ0) is 35.1. The van der Waals surface area contributed by atoms with E-state index >= 15 is 0 Å². The number of hydrogen-bond acceptors (Lipinski definition) is 5. The number of rotatable bonds is 12. The van der Waals surface area contributed by atoms with Crippen molar-refractivity contribution >= 4 is 27.7 Å². The molecule has 5 aromatic rings. The van der Waals surface area contributed by atoms with Crippen LogP contribution in [0.5, 0.6) is 5.75 Å². The molecule has 10 heteroatoms. The van der Waals surface area contributed by atoms with Gasteiger partial charge in [0.15, 0.2) is 11.6 Å². The fourth-order valence-corrected chi connectivity index (χ4v) is 6.31. The van der Waals surface area contributed by atoms with Crippen molar-refractivity contribution in [2.75, 3.05) is 13.2 Å². The SMILES string of the molecule is O=C(NCc1cccc(C(F)(F)F)c1)[C@]1(Cc2ccccc2Br)N=C(c2ccc(OCCCO)cc2)O[C@@H]1c1ccc(-c2ccccc2)cc1. The van der Waals surface area contributed by atoms with E-state index in [0.29, 0.717) is 35.5 Å². The Hall–Kier alpha value is -4.93. The molecule has 2 N–H and O–H groups in total. The summed E-state index contributed by atoms with van der Waals surface area (Å²) in [4.78, 5) is 19.7. The number of alkyl halides is 3. The number of ether oxygens (including phenoxy) is 2. The van der Waals surface area contributed by atoms with Gasteiger partial charge < -0.3 is 19.9 Å². The minimum Gasteiger partial charge on any atom is -0.494 e. The van der Waals surface area contributed by atoms with Crippen LogP contribution in [0.3, 0.4) is 0 Å². The third-order valence-corrected chi connectivity index (χ3v) is 9.25. The van der Waals surface area contributed by atoms with Gasteiger partial charge in [0, 0.05) is 36.0 Å². The maximum Gasteiger partial charge on any atom is 0.416 e. The first-order valence-electron chi connectivity index (χ1n) is 16.1. The number of aliphatic hydroxyl groups excluding tert-OH is 1. The lowest BCUT2D eigenvalue weighted by Crippen LogP contribution is -2.49. The number of hydrogen-bond donors (Lipinski definition) is 2. The number of aliphatic hydroxyl groups is 1. The van der Waals surface area contributed by atoms with Crippen LogP contribution < -0.4 is 10.1 Å². The molecule has 0 fully saturated rings. The average Bonchev–Trinajstić information content (AvgIpc) is 3.52. The number of carbonyl (C=O) groups is 1. The van der Waals surface area contributed by atoms with E-state index < -0.39 is 29.3 Å². The molecular formula is C40H34BrF3N2O4. The summed E-state index contributed by atoms with van der Waals surface area (Å²) in [5.41, 5.74) is 2.08. The Morgan fingerprint density at radius 2 is 1.54 bits per heavy atom. The van der Waals surface area contributed by atoms with E-state index in [4.69, 9.17) is 19.6 Å². The monoisotopic (exact) mass is 742 g/mol. The van der Waals surface area contributed by atoms with Gasteiger partial charge in [0.2, 0.25) is 5.90 Å². The molecule has 0 bridgehead atoms. The van der Waals surface area contributed by atoms with Crippen molar-refractivity contribution < 1.29 is 32.5 Å². The Labute approximate surface area is 296 Å². The Balaban J connectivity index is 1.41. The maximum atomic E-state index is 14.6. The van der Waals surface area contributed by atoms with E-state index in [2.05, 4.69) is 21.2 Å². The molecule has 0 saturated heterocycles. The molecule has 0 saturated carbocycles. The van der Waals surface area contributed by atoms with Crippen LogP contribution in [0.2, 0.25) is 0 Å². The van der Waals surface area contributed by atoms with Crippen LogP contribution in [-0.4, -0.2) is 35.7 Å². The molecule has 1 aliphatic heterocycles. The predicted molar refractivity (Wildman–Crippen MR) is 190 cm³/mol. The van der Waals surface area contributed by atoms with Gasteiger partial charge in [-0.05, 0) is 70.3 Å². The molecule has 0 unspecified atom stereocenters. The zero-order valence-electron chi connectivity index (χ0n) is 26.9. The van der Waals surface area contributed by atoms with E-state index in [1.54, 1.807) is 30.3 Å². The summed E-state index contributed by atoms with van der Waals surface area (Å²) >= 11 is 3.63. The van der Waals surface area contributed by atoms with Crippen molar-refractivity contribution in [2.45, 2.75) is 37.2 Å². The Bertz CT molecular complexity index is 1950. The standard InChI is InChI=1S/C40H34BrF3N2O4/c41-35-13-5-4-11-32(35)25-39(38(48)45-26-27-8-6-12-33(24-27)40(42,43)44)36(30-16-14-29(15-17-30)28-9-2-1-3-10-28)50-37(46-39)31-18-20-34(21-19-31)49-23-7-22-47/h1-6,8-21,24,36,47H,7,22-23,25-26H2,(H,45,48)/t36-,39-/m1/s1. The van der Waals surface area contributed by atoms with E-state index in [0.717, 1.165) is 33.3 Å². The molecule has 5 aromatic carbocycles. The summed E-state index contributed by atoms with van der Waals surface area (Å²) in [6.45, 7) is 0.228. The number of benzene rings is 5. The predicted octanol–water partition coefficient (Wildman–Crippen LogP) is 8.71. The van der Waals surface area contributed by atoms with Crippen LogP contribution in [0, 0.1) is 0 Å². The van der Waals surface area contributed by atoms with Gasteiger partial charge in [-0.15, -0.1) is 0 Å². The van der Waals surface area contributed by atoms with E-state index in [9.17, 15) is 18.0 Å². The summed E-state index contributed by atoms with van der Waals surface area (Å²) < 4.78 is 53.6. The molecule has 1 aliphatic rings. The summed E-state index contributed by atoms with van der Waals surface area (Å²) in [6, 6.07) is 37.2. The smallest absolute Gasteiger partial charge is 0.416 e. The highest BCUT2D eigenvalue weighted by Crippen LogP contribution is 2.44. The lowest BCUT2D eigenvalue weighted by atomic mass is 9.81. The summed E-state index contributed by atoms with van der Waals surface area (Å²) in [7, 11) is 0. The molecule has 0 aromatic heterocycles. The largest absolute Gasteiger partial charge is 0.494 e. The van der Waals surface area contributed by atoms with Gasteiger partial charge in [-0.25, -0.2) is 4.99 Å². The highest BCUT2D eigenvalue weighted by molar-refractivity contribution is 9.10. The first kappa shape index (κ1) is 34.9. The topological polar surface area (TPSA) is 80.2 Å². The molecule has 256 valence electrons. The van der Waals surface area contributed by atoms with E-state index in [1.165, 1.54) is 6.07 Å². The summed E-state index contributed by atoms with van der Waals surface area (Å²) in [5.74, 6) is 0.347. The molecule has 6 nitrogen and oxygen atoms in total. The molecule has 0 spiro atoms. The first-order chi connectivity index (χ1) is 24.2. The molecule has 0 radical (unpaired) electrons. The van der Waals surface area contributed by atoms with Crippen molar-refractivity contribution in [2.24, 2.45) is 4.99 Å². The van der Waals surface area contributed by atoms with Crippen molar-refractivity contribution in [3.05, 3.63) is 160 Å². The third kappa shape index (κ3) is 7.93. The summed E-state index contributed by atoms with van der Waals surface area (Å²) in [5, 5.41) is 12.0. The van der Waals surface area contributed by atoms with Crippen LogP contribution in [0.4, 0.5) is 13.2 Å². The highest BCUT2D eigenvalue weighted by atomic mass is 79.9. The van der Waals surface area contributed by atoms with Crippen LogP contribution >= 0.6 is 15.9 Å². The first-order valence-corrected chi connectivity index (χ1v) is 16.9. The van der Waals surface area contributed by atoms with Gasteiger partial charge in [0.1, 0.15) is 5.75 Å². The number of aliphatic imine (C=N–C) groups is 1. The average molecular weight is 744 g/mol. The van der Waals surface area contributed by atoms with Crippen LogP contribution in [0.25, 0.3) is 11.1 Å². The molecule has 1 heterocycles. The fraction of sp³-hybridized carbons (Fsp3) is 0.200. The van der Waals surface area contributed by atoms with Gasteiger partial charge >= 0.3 is 6.18 Å². The highest BCUT2D eigenvalue weighted by Gasteiger charge is 2.53. The lowest BCUT2D eigenvalue weighted by Gasteiger charge is -2.31. The Morgan fingerprint density at radius 1 is 0.860 bits per heavy atom. The molecule has 1 amide bonds. The fourth-order valence-electron chi connectivity index (χ4n) is 5.89. The van der Waals surface area contributed by atoms with Crippen LogP contribution in [-0.2, 0) is 28.7 Å². The molecule has 0 aliphatic carbocycles. The van der Waals surface area contributed by atoms with Crippen LogP contribution in [0.1, 0.15) is 40.3 Å². The maximum absolute atomic E-state index is 14.6. The second kappa shape index (κ2) is 15.3. The van der Waals surface area contributed by atoms with Gasteiger partial charge in [-0.2, -0.15) is 13.2 Å². The van der Waals surface area contributed by atoms with Crippen molar-refractivity contribution in [1.82, 2.24) is 5.32 Å². The molecule has 2 atom stereocenters. The van der Waals surface area contributed by atoms with E-state index in [1.807, 2.05) is 78.9 Å². The number of halogens is 4. The zero-order valence-corrected chi connectivity index (χ0v) is 28.5. The number of amides is 1. The van der Waals surface area contributed by atoms with Crippen LogP contribution in [0.15, 0.2) is 137 Å². The number of carbonyl (C=O) groups excluding carboxylic acids is 1. The quantitative estimate of drug-likeness (QED) is 0.125. The number of nitrogens with zero attached hydrogens (tertiary/aromatic N) is 1. The Kier molecular flexibility index (Phi) is 10.7. The summed E-state index contributed by atoms with van der Waals surface area (Å²) in [6.07, 6.45) is -4.79. The second-order valence-electron chi connectivity index (χ2n) is 11.9. The molecular weight excluding hydrogens is 709 g/mol. The molecule has 6 rings (SSSR count). The van der Waals surface area contributed by atoms with Crippen molar-refractivity contribution in [3.8, 4) is 16.9 Å². The molecule has 50 heavy (non-hydrogen) atoms. The minimum atomic E-state index is -4.52. The third-order valence-electron chi connectivity index (χ3n) is 8.48.